The zero-order valence-corrected chi connectivity index (χ0v) is 41.6. The van der Waals surface area contributed by atoms with Gasteiger partial charge in [0.25, 0.3) is 6.33 Å². The Morgan fingerprint density at radius 3 is 1.82 bits per heavy atom. The Bertz CT molecular complexity index is 3880. The van der Waals surface area contributed by atoms with Gasteiger partial charge in [0.05, 0.1) is 19.4 Å². The first kappa shape index (κ1) is 35.3. The van der Waals surface area contributed by atoms with Crippen molar-refractivity contribution in [3.05, 3.63) is 205 Å². The van der Waals surface area contributed by atoms with Gasteiger partial charge in [-0.2, -0.15) is 22.9 Å². The molecule has 0 saturated heterocycles. The van der Waals surface area contributed by atoms with E-state index in [0.29, 0.717) is 17.1 Å². The molecule has 0 aliphatic rings. The van der Waals surface area contributed by atoms with Crippen LogP contribution in [0.1, 0.15) is 92.7 Å². The zero-order valence-electron chi connectivity index (χ0n) is 49.4. The second kappa shape index (κ2) is 18.0. The molecule has 3 aromatic heterocycles. The number of ether oxygens (including phenoxy) is 1. The molecular weight excluding hydrogens is 1010 g/mol. The van der Waals surface area contributed by atoms with Gasteiger partial charge >= 0.3 is 0 Å². The SMILES string of the molecule is [2H]c1c([2H])c([2H])c(-c2cccc(-c3c([2H])c([2H])c([2H])c([2H])c3[2H])c2-c2n[n+](-c3cc(C(C)(C)C)cc(C(C)(C)C)c3)[c-]n2-c2[c-]c(Oc3[c-]c4c(cc3)c3ccccc3n4-c3cc(C(C)(C)C)ccn3)ccc2)c([2H])c1[2H].[Pt]. The smallest absolute Gasteiger partial charge is 0.272 e. The van der Waals surface area contributed by atoms with E-state index in [0.717, 1.165) is 44.3 Å². The van der Waals surface area contributed by atoms with Gasteiger partial charge in [-0.05, 0) is 78.8 Å². The summed E-state index contributed by atoms with van der Waals surface area (Å²) in [5.74, 6) is 1.47. The van der Waals surface area contributed by atoms with Crippen LogP contribution in [0.4, 0.5) is 0 Å². The first-order valence-corrected chi connectivity index (χ1v) is 22.3. The Balaban J connectivity index is 0.00000740. The van der Waals surface area contributed by atoms with E-state index < -0.39 is 60.4 Å². The van der Waals surface area contributed by atoms with E-state index in [-0.39, 0.29) is 76.7 Å². The number of para-hydroxylation sites is 1. The zero-order chi connectivity index (χ0) is 55.4. The van der Waals surface area contributed by atoms with E-state index in [1.165, 1.54) is 0 Å². The number of rotatable bonds is 8. The van der Waals surface area contributed by atoms with Crippen molar-refractivity contribution >= 4 is 21.8 Å². The molecule has 0 bridgehead atoms. The van der Waals surface area contributed by atoms with E-state index in [4.69, 9.17) is 23.0 Å². The molecule has 0 saturated carbocycles. The van der Waals surface area contributed by atoms with Gasteiger partial charge in [-0.1, -0.05) is 189 Å². The second-order valence-electron chi connectivity index (χ2n) is 19.8. The molecule has 10 rings (SSSR count). The Morgan fingerprint density at radius 2 is 1.19 bits per heavy atom. The molecule has 68 heavy (non-hydrogen) atoms. The Kier molecular flexibility index (Phi) is 9.33. The Morgan fingerprint density at radius 1 is 0.588 bits per heavy atom. The maximum absolute atomic E-state index is 9.22. The summed E-state index contributed by atoms with van der Waals surface area (Å²) < 4.78 is 101. The standard InChI is InChI=1S/C61H55N5O.Pt/c1-59(2,3)43-32-33-62-56(37-43)66-54-29-17-16-26-52(54)53-31-30-49(39-55(53)66)67-48-25-18-24-46(38-48)64-40-65(47-35-44(60(4,5)6)34-45(36-47)61(7,8)9)63-58(64)57-50(41-20-12-10-13-21-41)27-19-28-51(57)42-22-14-11-15-23-42;/h10-37H,1-9H3;/q-2;/i10D,11D,12D,13D,14D,15D,20D,21D,22D,23D;. The summed E-state index contributed by atoms with van der Waals surface area (Å²) in [5, 5.41) is 7.23. The van der Waals surface area contributed by atoms with Crippen LogP contribution in [-0.4, -0.2) is 19.2 Å². The van der Waals surface area contributed by atoms with Crippen molar-refractivity contribution in [1.82, 2.24) is 19.2 Å². The average Bonchev–Trinajstić information content (AvgIpc) is 4.19. The van der Waals surface area contributed by atoms with Gasteiger partial charge in [-0.15, -0.1) is 34.8 Å². The largest absolute Gasteiger partial charge is 0.510 e. The van der Waals surface area contributed by atoms with Gasteiger partial charge in [0.1, 0.15) is 5.82 Å². The number of aromatic nitrogens is 5. The van der Waals surface area contributed by atoms with Crippen molar-refractivity contribution in [1.29, 1.82) is 0 Å². The summed E-state index contributed by atoms with van der Waals surface area (Å²) in [6.45, 7) is 19.2. The molecule has 0 fully saturated rings. The maximum atomic E-state index is 9.22. The molecule has 0 aliphatic carbocycles. The molecular formula is C61H55N5OPt-2. The third-order valence-electron chi connectivity index (χ3n) is 11.9. The predicted molar refractivity (Wildman–Crippen MR) is 273 cm³/mol. The van der Waals surface area contributed by atoms with Gasteiger partial charge in [0.15, 0.2) is 5.82 Å². The fourth-order valence-electron chi connectivity index (χ4n) is 8.25. The molecule has 0 radical (unpaired) electrons. The number of fused-ring (bicyclic) bond motifs is 3. The van der Waals surface area contributed by atoms with Crippen LogP contribution in [0.2, 0.25) is 0 Å². The van der Waals surface area contributed by atoms with Gasteiger partial charge in [-0.25, -0.2) is 4.98 Å². The fourth-order valence-corrected chi connectivity index (χ4v) is 8.25. The third kappa shape index (κ3) is 8.98. The molecule has 7 heteroatoms. The average molecular weight is 1080 g/mol. The molecule has 7 aromatic carbocycles. The van der Waals surface area contributed by atoms with Crippen LogP contribution in [0.3, 0.4) is 0 Å². The normalized spacial score (nSPS) is 14.1. The van der Waals surface area contributed by atoms with Gasteiger partial charge in [0, 0.05) is 49.8 Å². The van der Waals surface area contributed by atoms with E-state index in [1.54, 1.807) is 45.6 Å². The Hall–Kier alpha value is -6.88. The summed E-state index contributed by atoms with van der Waals surface area (Å²) in [6, 6.07) is 33.7. The van der Waals surface area contributed by atoms with Crippen LogP contribution < -0.4 is 9.42 Å². The minimum Gasteiger partial charge on any atom is -0.510 e. The molecule has 10 aromatic rings. The number of benzene rings is 7. The van der Waals surface area contributed by atoms with Crippen molar-refractivity contribution in [3.8, 4) is 62.3 Å². The summed E-state index contributed by atoms with van der Waals surface area (Å²) in [6.07, 6.45) is 5.26. The van der Waals surface area contributed by atoms with E-state index in [2.05, 4.69) is 110 Å². The fraction of sp³-hybridized carbons (Fsp3) is 0.197. The first-order valence-electron chi connectivity index (χ1n) is 27.3. The van der Waals surface area contributed by atoms with Crippen LogP contribution in [0.5, 0.6) is 11.5 Å². The summed E-state index contributed by atoms with van der Waals surface area (Å²) >= 11 is 0. The minimum atomic E-state index is -0.594. The van der Waals surface area contributed by atoms with Gasteiger partial charge < -0.3 is 13.9 Å². The number of nitrogens with zero attached hydrogens (tertiary/aromatic N) is 5. The van der Waals surface area contributed by atoms with E-state index in [9.17, 15) is 5.48 Å². The van der Waals surface area contributed by atoms with Crippen molar-refractivity contribution in [3.63, 3.8) is 0 Å². The molecule has 0 N–H and O–H groups in total. The summed E-state index contributed by atoms with van der Waals surface area (Å²) in [7, 11) is 0. The number of hydrogen-bond donors (Lipinski definition) is 0. The van der Waals surface area contributed by atoms with Crippen molar-refractivity contribution in [2.75, 3.05) is 0 Å². The number of hydrogen-bond acceptors (Lipinski definition) is 3. The van der Waals surface area contributed by atoms with Gasteiger partial charge in [-0.3, -0.25) is 0 Å². The summed E-state index contributed by atoms with van der Waals surface area (Å²) in [4.78, 5) is 4.83. The van der Waals surface area contributed by atoms with Crippen LogP contribution >= 0.6 is 0 Å². The van der Waals surface area contributed by atoms with Crippen LogP contribution in [-0.2, 0) is 37.3 Å². The van der Waals surface area contributed by atoms with Crippen molar-refractivity contribution in [2.24, 2.45) is 0 Å². The molecule has 0 aliphatic heterocycles. The van der Waals surface area contributed by atoms with Crippen molar-refractivity contribution in [2.45, 2.75) is 78.6 Å². The molecule has 342 valence electrons. The topological polar surface area (TPSA) is 48.8 Å². The molecule has 0 spiro atoms. The summed E-state index contributed by atoms with van der Waals surface area (Å²) in [5.41, 5.74) is 5.00. The van der Waals surface area contributed by atoms with E-state index >= 15 is 0 Å². The molecule has 3 heterocycles. The van der Waals surface area contributed by atoms with Crippen molar-refractivity contribution < 1.29 is 44.2 Å². The molecule has 0 unspecified atom stereocenters. The van der Waals surface area contributed by atoms with Crippen LogP contribution in [0.15, 0.2) is 170 Å². The number of pyridine rings is 1. The van der Waals surface area contributed by atoms with Gasteiger partial charge in [0.2, 0.25) is 0 Å². The van der Waals surface area contributed by atoms with E-state index in [1.807, 2.05) is 48.7 Å². The maximum Gasteiger partial charge on any atom is 0.272 e. The monoisotopic (exact) mass is 1080 g/mol. The quantitative estimate of drug-likeness (QED) is 0.113. The third-order valence-corrected chi connectivity index (χ3v) is 11.9. The predicted octanol–water partition coefficient (Wildman–Crippen LogP) is 14.7. The Labute approximate surface area is 429 Å². The van der Waals surface area contributed by atoms with Crippen LogP contribution in [0, 0.1) is 18.5 Å². The molecule has 6 nitrogen and oxygen atoms in total. The minimum absolute atomic E-state index is 0. The molecule has 0 amide bonds. The first-order chi connectivity index (χ1) is 36.2. The van der Waals surface area contributed by atoms with Crippen LogP contribution in [0.25, 0.3) is 72.6 Å². The molecule has 0 atom stereocenters. The second-order valence-corrected chi connectivity index (χ2v) is 19.8.